The molecule has 7 nitrogen and oxygen atoms in total. The zero-order valence-corrected chi connectivity index (χ0v) is 17.2. The normalized spacial score (nSPS) is 15.6. The minimum Gasteiger partial charge on any atom is -0.383 e. The lowest BCUT2D eigenvalue weighted by Crippen LogP contribution is -2.28. The molecule has 0 aromatic carbocycles. The van der Waals surface area contributed by atoms with Gasteiger partial charge in [-0.2, -0.15) is 0 Å². The van der Waals surface area contributed by atoms with Crippen LogP contribution in [-0.2, 0) is 9.53 Å². The Balaban J connectivity index is 2.13. The van der Waals surface area contributed by atoms with Crippen LogP contribution in [0.4, 0.5) is 5.82 Å². The van der Waals surface area contributed by atoms with Crippen LogP contribution in [0.5, 0.6) is 0 Å². The highest BCUT2D eigenvalue weighted by Gasteiger charge is 2.31. The number of methoxy groups -OCH3 is 1. The summed E-state index contributed by atoms with van der Waals surface area (Å²) < 4.78 is 6.99. The van der Waals surface area contributed by atoms with Crippen LogP contribution in [0.2, 0.25) is 0 Å². The number of anilines is 1. The molecule has 28 heavy (non-hydrogen) atoms. The van der Waals surface area contributed by atoms with Crippen molar-refractivity contribution >= 4 is 51.7 Å². The zero-order chi connectivity index (χ0) is 20.3. The summed E-state index contributed by atoms with van der Waals surface area (Å²) in [7, 11) is 1.60. The molecule has 0 spiro atoms. The molecule has 0 atom stereocenters. The Hall–Kier alpha value is -2.49. The van der Waals surface area contributed by atoms with Crippen molar-refractivity contribution in [2.24, 2.45) is 0 Å². The molecular formula is C19H20N4O3S2. The fourth-order valence-corrected chi connectivity index (χ4v) is 4.02. The van der Waals surface area contributed by atoms with Gasteiger partial charge in [-0.1, -0.05) is 36.1 Å². The van der Waals surface area contributed by atoms with Crippen LogP contribution in [-0.4, -0.2) is 51.3 Å². The monoisotopic (exact) mass is 416 g/mol. The molecular weight excluding hydrogens is 396 g/mol. The topological polar surface area (TPSA) is 75.9 Å². The van der Waals surface area contributed by atoms with Gasteiger partial charge in [0.25, 0.3) is 11.5 Å². The second-order valence-corrected chi connectivity index (χ2v) is 7.74. The molecule has 1 aliphatic heterocycles. The van der Waals surface area contributed by atoms with Crippen molar-refractivity contribution in [1.29, 1.82) is 0 Å². The van der Waals surface area contributed by atoms with Crippen LogP contribution in [0, 0.1) is 6.92 Å². The van der Waals surface area contributed by atoms with E-state index in [-0.39, 0.29) is 11.5 Å². The average Bonchev–Trinajstić information content (AvgIpc) is 2.93. The van der Waals surface area contributed by atoms with Gasteiger partial charge in [-0.3, -0.25) is 18.9 Å². The lowest BCUT2D eigenvalue weighted by molar-refractivity contribution is -0.121. The molecule has 146 valence electrons. The number of amides is 1. The molecule has 0 aliphatic carbocycles. The number of nitrogens with one attached hydrogen (secondary N) is 1. The summed E-state index contributed by atoms with van der Waals surface area (Å²) in [4.78, 5) is 32.2. The number of thiocarbonyl (C=S) groups is 1. The maximum atomic E-state index is 13.1. The molecule has 0 bridgehead atoms. The SMILES string of the molecule is C=CCN1C(=O)C(=Cc2c(NCCOC)nc3c(C)cccn3c2=O)SC1=S. The number of ether oxygens (including phenoxy) is 1. The van der Waals surface area contributed by atoms with Gasteiger partial charge in [0.1, 0.15) is 15.8 Å². The lowest BCUT2D eigenvalue weighted by Gasteiger charge is -2.12. The maximum absolute atomic E-state index is 13.1. The number of aryl methyl sites for hydroxylation is 1. The molecule has 1 saturated heterocycles. The van der Waals surface area contributed by atoms with Gasteiger partial charge in [0.05, 0.1) is 17.1 Å². The fourth-order valence-electron chi connectivity index (χ4n) is 2.77. The number of fused-ring (bicyclic) bond motifs is 1. The van der Waals surface area contributed by atoms with Gasteiger partial charge in [0.2, 0.25) is 0 Å². The predicted molar refractivity (Wildman–Crippen MR) is 117 cm³/mol. The number of hydrogen-bond acceptors (Lipinski definition) is 7. The molecule has 2 aromatic heterocycles. The number of carbonyl (C=O) groups excluding carboxylic acids is 1. The van der Waals surface area contributed by atoms with E-state index in [0.29, 0.717) is 46.0 Å². The molecule has 1 aliphatic rings. The first-order chi connectivity index (χ1) is 13.5. The van der Waals surface area contributed by atoms with Crippen LogP contribution in [0.1, 0.15) is 11.1 Å². The Morgan fingerprint density at radius 3 is 2.93 bits per heavy atom. The number of aromatic nitrogens is 2. The van der Waals surface area contributed by atoms with Crippen LogP contribution in [0.3, 0.4) is 0 Å². The fraction of sp³-hybridized carbons (Fsp3) is 0.263. The van der Waals surface area contributed by atoms with E-state index < -0.39 is 0 Å². The second-order valence-electron chi connectivity index (χ2n) is 6.06. The molecule has 2 aromatic rings. The highest BCUT2D eigenvalue weighted by Crippen LogP contribution is 2.32. The summed E-state index contributed by atoms with van der Waals surface area (Å²) in [5.74, 6) is 0.164. The molecule has 0 radical (unpaired) electrons. The van der Waals surface area contributed by atoms with Gasteiger partial charge in [0.15, 0.2) is 0 Å². The van der Waals surface area contributed by atoms with Gasteiger partial charge >= 0.3 is 0 Å². The zero-order valence-electron chi connectivity index (χ0n) is 15.6. The predicted octanol–water partition coefficient (Wildman–Crippen LogP) is 2.45. The number of thioether (sulfide) groups is 1. The Morgan fingerprint density at radius 1 is 1.43 bits per heavy atom. The van der Waals surface area contributed by atoms with Crippen molar-refractivity contribution in [2.75, 3.05) is 32.1 Å². The van der Waals surface area contributed by atoms with Gasteiger partial charge in [-0.15, -0.1) is 6.58 Å². The summed E-state index contributed by atoms with van der Waals surface area (Å²) in [5.41, 5.74) is 1.47. The first-order valence-corrected chi connectivity index (χ1v) is 9.81. The largest absolute Gasteiger partial charge is 0.383 e. The van der Waals surface area contributed by atoms with Crippen molar-refractivity contribution in [2.45, 2.75) is 6.92 Å². The maximum Gasteiger partial charge on any atom is 0.267 e. The smallest absolute Gasteiger partial charge is 0.267 e. The Morgan fingerprint density at radius 2 is 2.21 bits per heavy atom. The quantitative estimate of drug-likeness (QED) is 0.322. The molecule has 0 unspecified atom stereocenters. The molecule has 9 heteroatoms. The van der Waals surface area contributed by atoms with E-state index in [2.05, 4.69) is 16.9 Å². The Labute approximate surface area is 172 Å². The number of nitrogens with zero attached hydrogens (tertiary/aromatic N) is 3. The van der Waals surface area contributed by atoms with E-state index in [1.54, 1.807) is 31.5 Å². The summed E-state index contributed by atoms with van der Waals surface area (Å²) in [5, 5.41) is 3.13. The number of pyridine rings is 1. The molecule has 3 rings (SSSR count). The molecule has 3 heterocycles. The second kappa shape index (κ2) is 8.68. The summed E-state index contributed by atoms with van der Waals surface area (Å²) in [6.07, 6.45) is 4.83. The van der Waals surface area contributed by atoms with E-state index in [9.17, 15) is 9.59 Å². The third-order valence-corrected chi connectivity index (χ3v) is 5.52. The molecule has 1 N–H and O–H groups in total. The first-order valence-electron chi connectivity index (χ1n) is 8.59. The van der Waals surface area contributed by atoms with Crippen LogP contribution < -0.4 is 10.9 Å². The summed E-state index contributed by atoms with van der Waals surface area (Å²) in [6.45, 7) is 6.79. The average molecular weight is 417 g/mol. The number of carbonyl (C=O) groups is 1. The van der Waals surface area contributed by atoms with Crippen molar-refractivity contribution in [1.82, 2.24) is 14.3 Å². The minimum atomic E-state index is -0.261. The number of hydrogen-bond donors (Lipinski definition) is 1. The highest BCUT2D eigenvalue weighted by atomic mass is 32.2. The van der Waals surface area contributed by atoms with Crippen molar-refractivity contribution in [3.8, 4) is 0 Å². The summed E-state index contributed by atoms with van der Waals surface area (Å²) >= 11 is 6.43. The van der Waals surface area contributed by atoms with Gasteiger partial charge in [-0.05, 0) is 24.6 Å². The van der Waals surface area contributed by atoms with Gasteiger partial charge in [-0.25, -0.2) is 4.98 Å². The van der Waals surface area contributed by atoms with E-state index in [4.69, 9.17) is 17.0 Å². The van der Waals surface area contributed by atoms with E-state index in [0.717, 1.165) is 17.3 Å². The van der Waals surface area contributed by atoms with E-state index in [1.807, 2.05) is 13.0 Å². The third kappa shape index (κ3) is 3.87. The Kier molecular flexibility index (Phi) is 6.28. The van der Waals surface area contributed by atoms with E-state index >= 15 is 0 Å². The van der Waals surface area contributed by atoms with Crippen molar-refractivity contribution in [3.05, 3.63) is 57.4 Å². The van der Waals surface area contributed by atoms with Gasteiger partial charge < -0.3 is 10.1 Å². The van der Waals surface area contributed by atoms with E-state index in [1.165, 1.54) is 9.30 Å². The number of rotatable bonds is 7. The summed E-state index contributed by atoms with van der Waals surface area (Å²) in [6, 6.07) is 3.68. The van der Waals surface area contributed by atoms with Crippen LogP contribution in [0.15, 0.2) is 40.7 Å². The van der Waals surface area contributed by atoms with Crippen molar-refractivity contribution < 1.29 is 9.53 Å². The first kappa shape index (κ1) is 20.2. The lowest BCUT2D eigenvalue weighted by atomic mass is 10.2. The van der Waals surface area contributed by atoms with Crippen molar-refractivity contribution in [3.63, 3.8) is 0 Å². The Bertz CT molecular complexity index is 1050. The third-order valence-electron chi connectivity index (χ3n) is 4.14. The molecule has 1 amide bonds. The van der Waals surface area contributed by atoms with Gasteiger partial charge in [0, 0.05) is 26.4 Å². The molecule has 0 saturated carbocycles. The highest BCUT2D eigenvalue weighted by molar-refractivity contribution is 8.26. The van der Waals surface area contributed by atoms with Crippen LogP contribution >= 0.6 is 24.0 Å². The van der Waals surface area contributed by atoms with Crippen LogP contribution in [0.25, 0.3) is 11.7 Å². The standard InChI is InChI=1S/C19H20N4O3S2/c1-4-8-23-18(25)14(28-19(23)27)11-13-15(20-7-10-26-3)21-16-12(2)6-5-9-22(16)17(13)24/h4-6,9,11,20H,1,7-8,10H2,2-3H3. The minimum absolute atomic E-state index is 0.244. The molecule has 1 fully saturated rings.